The standard InChI is InChI=1S/C16H15IN2O/c1-10-8-13(17)4-5-14(10)19-16(20)12-3-2-11-6-7-18-15(11)9-12/h2-5,8-9,18H,6-7H2,1H3,(H,19,20). The molecule has 0 saturated heterocycles. The van der Waals surface area contributed by atoms with Gasteiger partial charge in [0.15, 0.2) is 0 Å². The first-order valence-corrected chi connectivity index (χ1v) is 7.66. The van der Waals surface area contributed by atoms with Crippen molar-refractivity contribution in [2.45, 2.75) is 13.3 Å². The molecule has 3 rings (SSSR count). The third-order valence-corrected chi connectivity index (χ3v) is 4.19. The van der Waals surface area contributed by atoms with Crippen LogP contribution in [0, 0.1) is 10.5 Å². The topological polar surface area (TPSA) is 41.1 Å². The van der Waals surface area contributed by atoms with Gasteiger partial charge in [-0.15, -0.1) is 0 Å². The van der Waals surface area contributed by atoms with Crippen LogP contribution in [0.4, 0.5) is 11.4 Å². The molecule has 2 aromatic rings. The number of benzene rings is 2. The highest BCUT2D eigenvalue weighted by atomic mass is 127. The maximum Gasteiger partial charge on any atom is 0.255 e. The first-order valence-electron chi connectivity index (χ1n) is 6.58. The fraction of sp³-hybridized carbons (Fsp3) is 0.188. The Kier molecular flexibility index (Phi) is 3.65. The van der Waals surface area contributed by atoms with Crippen LogP contribution < -0.4 is 10.6 Å². The lowest BCUT2D eigenvalue weighted by Gasteiger charge is -2.10. The molecule has 1 aliphatic heterocycles. The van der Waals surface area contributed by atoms with Gasteiger partial charge in [0.2, 0.25) is 0 Å². The van der Waals surface area contributed by atoms with Crippen molar-refractivity contribution in [2.75, 3.05) is 17.2 Å². The fourth-order valence-corrected chi connectivity index (χ4v) is 3.04. The molecule has 0 fully saturated rings. The molecule has 0 radical (unpaired) electrons. The Morgan fingerprint density at radius 2 is 2.10 bits per heavy atom. The maximum atomic E-state index is 12.3. The Morgan fingerprint density at radius 3 is 2.90 bits per heavy atom. The van der Waals surface area contributed by atoms with Gasteiger partial charge in [0.25, 0.3) is 5.91 Å². The highest BCUT2D eigenvalue weighted by Crippen LogP contribution is 2.24. The van der Waals surface area contributed by atoms with E-state index in [-0.39, 0.29) is 5.91 Å². The highest BCUT2D eigenvalue weighted by molar-refractivity contribution is 14.1. The van der Waals surface area contributed by atoms with E-state index in [0.717, 1.165) is 29.9 Å². The predicted molar refractivity (Wildman–Crippen MR) is 90.5 cm³/mol. The van der Waals surface area contributed by atoms with Gasteiger partial charge in [-0.2, -0.15) is 0 Å². The number of halogens is 1. The molecule has 0 saturated carbocycles. The molecule has 0 atom stereocenters. The second-order valence-corrected chi connectivity index (χ2v) is 6.21. The van der Waals surface area contributed by atoms with E-state index in [1.807, 2.05) is 37.3 Å². The molecule has 0 spiro atoms. The summed E-state index contributed by atoms with van der Waals surface area (Å²) in [5, 5.41) is 6.27. The van der Waals surface area contributed by atoms with Crippen molar-refractivity contribution in [3.63, 3.8) is 0 Å². The average molecular weight is 378 g/mol. The summed E-state index contributed by atoms with van der Waals surface area (Å²) in [7, 11) is 0. The number of carbonyl (C=O) groups excluding carboxylic acids is 1. The SMILES string of the molecule is Cc1cc(I)ccc1NC(=O)c1ccc2c(c1)NCC2. The van der Waals surface area contributed by atoms with Crippen molar-refractivity contribution in [2.24, 2.45) is 0 Å². The van der Waals surface area contributed by atoms with Crippen LogP contribution in [-0.2, 0) is 6.42 Å². The van der Waals surface area contributed by atoms with Gasteiger partial charge < -0.3 is 10.6 Å². The highest BCUT2D eigenvalue weighted by Gasteiger charge is 2.14. The molecule has 0 bridgehead atoms. The summed E-state index contributed by atoms with van der Waals surface area (Å²) < 4.78 is 1.17. The number of nitrogens with one attached hydrogen (secondary N) is 2. The number of rotatable bonds is 2. The van der Waals surface area contributed by atoms with E-state index in [2.05, 4.69) is 39.3 Å². The largest absolute Gasteiger partial charge is 0.384 e. The molecule has 20 heavy (non-hydrogen) atoms. The Hall–Kier alpha value is -1.56. The van der Waals surface area contributed by atoms with Crippen molar-refractivity contribution in [3.05, 3.63) is 56.7 Å². The lowest BCUT2D eigenvalue weighted by atomic mass is 10.1. The first kappa shape index (κ1) is 13.4. The second-order valence-electron chi connectivity index (χ2n) is 4.96. The number of aryl methyl sites for hydroxylation is 1. The van der Waals surface area contributed by atoms with Crippen LogP contribution in [0.3, 0.4) is 0 Å². The zero-order valence-corrected chi connectivity index (χ0v) is 13.3. The lowest BCUT2D eigenvalue weighted by Crippen LogP contribution is -2.13. The van der Waals surface area contributed by atoms with Crippen molar-refractivity contribution in [1.82, 2.24) is 0 Å². The van der Waals surface area contributed by atoms with E-state index in [1.54, 1.807) is 0 Å². The van der Waals surface area contributed by atoms with Crippen LogP contribution >= 0.6 is 22.6 Å². The minimum atomic E-state index is -0.0641. The van der Waals surface area contributed by atoms with Crippen LogP contribution in [0.1, 0.15) is 21.5 Å². The Balaban J connectivity index is 1.82. The van der Waals surface area contributed by atoms with Crippen LogP contribution in [-0.4, -0.2) is 12.5 Å². The van der Waals surface area contributed by atoms with E-state index in [9.17, 15) is 4.79 Å². The van der Waals surface area contributed by atoms with Crippen molar-refractivity contribution in [3.8, 4) is 0 Å². The number of hydrogen-bond donors (Lipinski definition) is 2. The molecule has 102 valence electrons. The molecule has 0 aromatic heterocycles. The van der Waals surface area contributed by atoms with E-state index >= 15 is 0 Å². The van der Waals surface area contributed by atoms with Gasteiger partial charge in [0, 0.05) is 27.1 Å². The summed E-state index contributed by atoms with van der Waals surface area (Å²) in [5.74, 6) is -0.0641. The molecule has 2 aromatic carbocycles. The van der Waals surface area contributed by atoms with Gasteiger partial charge in [-0.05, 0) is 77.4 Å². The molecule has 1 amide bonds. The van der Waals surface area contributed by atoms with Crippen LogP contribution in [0.15, 0.2) is 36.4 Å². The number of anilines is 2. The van der Waals surface area contributed by atoms with Gasteiger partial charge in [0.05, 0.1) is 0 Å². The molecule has 1 heterocycles. The van der Waals surface area contributed by atoms with Gasteiger partial charge in [-0.25, -0.2) is 0 Å². The summed E-state index contributed by atoms with van der Waals surface area (Å²) in [5.41, 5.74) is 4.99. The van der Waals surface area contributed by atoms with Crippen molar-refractivity contribution < 1.29 is 4.79 Å². The van der Waals surface area contributed by atoms with Gasteiger partial charge >= 0.3 is 0 Å². The molecule has 0 aliphatic carbocycles. The Bertz CT molecular complexity index is 682. The third-order valence-electron chi connectivity index (χ3n) is 3.52. The van der Waals surface area contributed by atoms with E-state index in [0.29, 0.717) is 5.56 Å². The Morgan fingerprint density at radius 1 is 1.25 bits per heavy atom. The number of hydrogen-bond acceptors (Lipinski definition) is 2. The summed E-state index contributed by atoms with van der Waals surface area (Å²) >= 11 is 2.27. The minimum absolute atomic E-state index is 0.0641. The third kappa shape index (κ3) is 2.65. The quantitative estimate of drug-likeness (QED) is 0.781. The minimum Gasteiger partial charge on any atom is -0.384 e. The van der Waals surface area contributed by atoms with Crippen LogP contribution in [0.2, 0.25) is 0 Å². The molecular weight excluding hydrogens is 363 g/mol. The fourth-order valence-electron chi connectivity index (χ4n) is 2.39. The van der Waals surface area contributed by atoms with Gasteiger partial charge in [-0.1, -0.05) is 6.07 Å². The maximum absolute atomic E-state index is 12.3. The summed E-state index contributed by atoms with van der Waals surface area (Å²) in [6.07, 6.45) is 1.04. The number of carbonyl (C=O) groups is 1. The monoisotopic (exact) mass is 378 g/mol. The predicted octanol–water partition coefficient (Wildman–Crippen LogP) is 3.82. The van der Waals surface area contributed by atoms with Gasteiger partial charge in [0.1, 0.15) is 0 Å². The average Bonchev–Trinajstić information content (AvgIpc) is 2.89. The molecule has 4 heteroatoms. The molecule has 1 aliphatic rings. The van der Waals surface area contributed by atoms with E-state index < -0.39 is 0 Å². The Labute approximate surface area is 131 Å². The molecular formula is C16H15IN2O. The van der Waals surface area contributed by atoms with E-state index in [4.69, 9.17) is 0 Å². The lowest BCUT2D eigenvalue weighted by molar-refractivity contribution is 0.102. The molecule has 0 unspecified atom stereocenters. The van der Waals surface area contributed by atoms with Crippen LogP contribution in [0.5, 0.6) is 0 Å². The normalized spacial score (nSPS) is 12.7. The van der Waals surface area contributed by atoms with Crippen molar-refractivity contribution in [1.29, 1.82) is 0 Å². The van der Waals surface area contributed by atoms with E-state index in [1.165, 1.54) is 9.13 Å². The summed E-state index contributed by atoms with van der Waals surface area (Å²) in [6.45, 7) is 2.96. The summed E-state index contributed by atoms with van der Waals surface area (Å²) in [6, 6.07) is 11.8. The van der Waals surface area contributed by atoms with Gasteiger partial charge in [-0.3, -0.25) is 4.79 Å². The number of amides is 1. The zero-order valence-electron chi connectivity index (χ0n) is 11.2. The molecule has 3 nitrogen and oxygen atoms in total. The zero-order chi connectivity index (χ0) is 14.1. The van der Waals surface area contributed by atoms with Crippen molar-refractivity contribution >= 4 is 39.9 Å². The summed E-state index contributed by atoms with van der Waals surface area (Å²) in [4.78, 5) is 12.3. The number of fused-ring (bicyclic) bond motifs is 1. The van der Waals surface area contributed by atoms with Crippen LogP contribution in [0.25, 0.3) is 0 Å². The smallest absolute Gasteiger partial charge is 0.255 e. The first-order chi connectivity index (χ1) is 9.63. The second kappa shape index (κ2) is 5.44. The molecule has 2 N–H and O–H groups in total.